The lowest BCUT2D eigenvalue weighted by Gasteiger charge is -1.90. The topological polar surface area (TPSA) is 67.8 Å². The van der Waals surface area contributed by atoms with Gasteiger partial charge in [-0.2, -0.15) is 10.2 Å². The van der Waals surface area contributed by atoms with Crippen LogP contribution in [0.1, 0.15) is 5.69 Å². The second-order valence-corrected chi connectivity index (χ2v) is 4.31. The normalized spacial score (nSPS) is 11.2. The first-order chi connectivity index (χ1) is 9.74. The van der Waals surface area contributed by atoms with E-state index in [1.165, 1.54) is 6.07 Å². The molecule has 0 radical (unpaired) electrons. The third-order valence-corrected chi connectivity index (χ3v) is 2.87. The van der Waals surface area contributed by atoms with Crippen LogP contribution in [0.25, 0.3) is 11.0 Å². The molecule has 0 saturated carbocycles. The van der Waals surface area contributed by atoms with E-state index >= 15 is 0 Å². The van der Waals surface area contributed by atoms with Crippen molar-refractivity contribution in [3.63, 3.8) is 0 Å². The van der Waals surface area contributed by atoms with Gasteiger partial charge in [0.15, 0.2) is 0 Å². The molecule has 0 N–H and O–H groups in total. The van der Waals surface area contributed by atoms with E-state index in [0.717, 1.165) is 5.69 Å². The summed E-state index contributed by atoms with van der Waals surface area (Å²) in [4.78, 5) is 11.8. The van der Waals surface area contributed by atoms with Gasteiger partial charge < -0.3 is 4.52 Å². The van der Waals surface area contributed by atoms with Gasteiger partial charge in [-0.15, -0.1) is 0 Å². The van der Waals surface area contributed by atoms with Crippen LogP contribution in [0.15, 0.2) is 68.1 Å². The van der Waals surface area contributed by atoms with E-state index in [-0.39, 0.29) is 11.0 Å². The van der Waals surface area contributed by atoms with Crippen LogP contribution >= 0.6 is 0 Å². The molecule has 5 heteroatoms. The summed E-state index contributed by atoms with van der Waals surface area (Å²) in [6.07, 6.45) is 0. The predicted molar refractivity (Wildman–Crippen MR) is 75.6 cm³/mol. The first-order valence-electron chi connectivity index (χ1n) is 6.11. The van der Waals surface area contributed by atoms with Crippen LogP contribution in [0.5, 0.6) is 0 Å². The first-order valence-corrected chi connectivity index (χ1v) is 6.11. The molecule has 20 heavy (non-hydrogen) atoms. The molecule has 5 nitrogen and oxygen atoms in total. The standard InChI is InChI=1S/C15H11N3O2/c1-10-13-9-12(7-8-14(19)15(13)20-18-10)17-16-11-5-3-2-4-6-11/h2-9H,1H3. The van der Waals surface area contributed by atoms with E-state index in [4.69, 9.17) is 4.52 Å². The minimum absolute atomic E-state index is 0.221. The molecule has 0 saturated heterocycles. The Bertz CT molecular complexity index is 839. The van der Waals surface area contributed by atoms with Crippen molar-refractivity contribution in [1.29, 1.82) is 0 Å². The molecule has 0 bridgehead atoms. The smallest absolute Gasteiger partial charge is 0.224 e. The summed E-state index contributed by atoms with van der Waals surface area (Å²) in [5.74, 6) is 0. The largest absolute Gasteiger partial charge is 0.352 e. The second kappa shape index (κ2) is 5.05. The van der Waals surface area contributed by atoms with Crippen LogP contribution in [0, 0.1) is 6.92 Å². The van der Waals surface area contributed by atoms with Crippen LogP contribution in [-0.4, -0.2) is 5.16 Å². The molecule has 0 atom stereocenters. The van der Waals surface area contributed by atoms with Gasteiger partial charge in [0, 0.05) is 0 Å². The number of fused-ring (bicyclic) bond motifs is 1. The Morgan fingerprint density at radius 3 is 2.55 bits per heavy atom. The summed E-state index contributed by atoms with van der Waals surface area (Å²) < 4.78 is 5.02. The Morgan fingerprint density at radius 2 is 1.75 bits per heavy atom. The zero-order valence-electron chi connectivity index (χ0n) is 10.8. The Balaban J connectivity index is 2.09. The summed E-state index contributed by atoms with van der Waals surface area (Å²) >= 11 is 0. The maximum Gasteiger partial charge on any atom is 0.224 e. The van der Waals surface area contributed by atoms with Crippen molar-refractivity contribution in [1.82, 2.24) is 5.16 Å². The van der Waals surface area contributed by atoms with Gasteiger partial charge in [0.2, 0.25) is 11.0 Å². The highest BCUT2D eigenvalue weighted by Gasteiger charge is 2.06. The maximum absolute atomic E-state index is 11.8. The van der Waals surface area contributed by atoms with E-state index in [0.29, 0.717) is 16.8 Å². The van der Waals surface area contributed by atoms with Crippen LogP contribution < -0.4 is 5.43 Å². The van der Waals surface area contributed by atoms with Crippen LogP contribution in [0.4, 0.5) is 11.4 Å². The Hall–Kier alpha value is -2.82. The van der Waals surface area contributed by atoms with Crippen LogP contribution in [0.3, 0.4) is 0 Å². The minimum Gasteiger partial charge on any atom is -0.352 e. The van der Waals surface area contributed by atoms with Crippen molar-refractivity contribution in [3.8, 4) is 0 Å². The number of nitrogens with zero attached hydrogens (tertiary/aromatic N) is 3. The van der Waals surface area contributed by atoms with Crippen molar-refractivity contribution >= 4 is 22.3 Å². The zero-order valence-corrected chi connectivity index (χ0v) is 10.8. The second-order valence-electron chi connectivity index (χ2n) is 4.31. The molecule has 0 fully saturated rings. The lowest BCUT2D eigenvalue weighted by molar-refractivity contribution is 0.448. The van der Waals surface area contributed by atoms with Crippen LogP contribution in [0.2, 0.25) is 0 Å². The molecule has 0 spiro atoms. The summed E-state index contributed by atoms with van der Waals surface area (Å²) in [7, 11) is 0. The number of aromatic nitrogens is 1. The van der Waals surface area contributed by atoms with Crippen LogP contribution in [-0.2, 0) is 0 Å². The Labute approximate surface area is 114 Å². The van der Waals surface area contributed by atoms with E-state index < -0.39 is 0 Å². The van der Waals surface area contributed by atoms with E-state index in [2.05, 4.69) is 15.4 Å². The van der Waals surface area contributed by atoms with E-state index in [1.54, 1.807) is 19.1 Å². The van der Waals surface area contributed by atoms with Crippen molar-refractivity contribution in [2.45, 2.75) is 6.92 Å². The number of aryl methyl sites for hydroxylation is 1. The molecular formula is C15H11N3O2. The average Bonchev–Trinajstić information content (AvgIpc) is 2.75. The molecule has 0 aliphatic heterocycles. The van der Waals surface area contributed by atoms with Gasteiger partial charge in [-0.3, -0.25) is 4.79 Å². The van der Waals surface area contributed by atoms with Crippen molar-refractivity contribution in [3.05, 3.63) is 64.4 Å². The van der Waals surface area contributed by atoms with Gasteiger partial charge >= 0.3 is 0 Å². The molecule has 0 aliphatic carbocycles. The number of azo groups is 1. The summed E-state index contributed by atoms with van der Waals surface area (Å²) in [5, 5.41) is 12.7. The SMILES string of the molecule is Cc1noc2c(=O)ccc(N=Nc3ccccc3)cc12. The van der Waals surface area contributed by atoms with Gasteiger partial charge in [0.1, 0.15) is 0 Å². The van der Waals surface area contributed by atoms with Gasteiger partial charge in [0.25, 0.3) is 0 Å². The minimum atomic E-state index is -0.221. The summed E-state index contributed by atoms with van der Waals surface area (Å²) in [6, 6.07) is 14.2. The van der Waals surface area contributed by atoms with Gasteiger partial charge in [0.05, 0.1) is 22.5 Å². The fourth-order valence-electron chi connectivity index (χ4n) is 1.83. The number of hydrogen-bond donors (Lipinski definition) is 0. The summed E-state index contributed by atoms with van der Waals surface area (Å²) in [6.45, 7) is 1.78. The number of hydrogen-bond acceptors (Lipinski definition) is 5. The molecular weight excluding hydrogens is 254 g/mol. The lowest BCUT2D eigenvalue weighted by atomic mass is 10.3. The Morgan fingerprint density at radius 1 is 1.00 bits per heavy atom. The number of benzene rings is 1. The third kappa shape index (κ3) is 2.33. The molecule has 2 aromatic carbocycles. The van der Waals surface area contributed by atoms with Gasteiger partial charge in [-0.25, -0.2) is 0 Å². The van der Waals surface area contributed by atoms with Crippen molar-refractivity contribution in [2.75, 3.05) is 0 Å². The molecule has 0 unspecified atom stereocenters. The highest BCUT2D eigenvalue weighted by molar-refractivity contribution is 5.80. The van der Waals surface area contributed by atoms with E-state index in [9.17, 15) is 4.79 Å². The van der Waals surface area contributed by atoms with Gasteiger partial charge in [-0.1, -0.05) is 23.4 Å². The Kier molecular flexibility index (Phi) is 3.09. The zero-order chi connectivity index (χ0) is 13.9. The fourth-order valence-corrected chi connectivity index (χ4v) is 1.83. The molecule has 1 heterocycles. The highest BCUT2D eigenvalue weighted by atomic mass is 16.5. The fraction of sp³-hybridized carbons (Fsp3) is 0.0667. The molecule has 0 amide bonds. The molecule has 3 aromatic rings. The monoisotopic (exact) mass is 265 g/mol. The quantitative estimate of drug-likeness (QED) is 0.659. The molecule has 0 aliphatic rings. The first kappa shape index (κ1) is 12.2. The highest BCUT2D eigenvalue weighted by Crippen LogP contribution is 2.21. The van der Waals surface area contributed by atoms with Crippen molar-refractivity contribution < 1.29 is 4.52 Å². The van der Waals surface area contributed by atoms with Crippen molar-refractivity contribution in [2.24, 2.45) is 10.2 Å². The molecule has 1 aromatic heterocycles. The molecule has 3 rings (SSSR count). The molecule has 98 valence electrons. The van der Waals surface area contributed by atoms with Gasteiger partial charge in [-0.05, 0) is 37.3 Å². The summed E-state index contributed by atoms with van der Waals surface area (Å²) in [5.41, 5.74) is 2.00. The maximum atomic E-state index is 11.8. The average molecular weight is 265 g/mol. The third-order valence-electron chi connectivity index (χ3n) is 2.87. The predicted octanol–water partition coefficient (Wildman–Crippen LogP) is 3.91. The lowest BCUT2D eigenvalue weighted by Crippen LogP contribution is -1.91. The number of rotatable bonds is 2. The van der Waals surface area contributed by atoms with E-state index in [1.807, 2.05) is 30.3 Å².